The molecule has 0 unspecified atom stereocenters. The highest BCUT2D eigenvalue weighted by molar-refractivity contribution is 5.84. The first-order valence-electron chi connectivity index (χ1n) is 13.3. The van der Waals surface area contributed by atoms with E-state index in [1.165, 1.54) is 0 Å². The molecular weight excluding hydrogens is 470 g/mol. The highest BCUT2D eigenvalue weighted by Gasteiger charge is 2.66. The summed E-state index contributed by atoms with van der Waals surface area (Å²) in [5, 5.41) is 25.8. The first-order valence-corrected chi connectivity index (χ1v) is 13.3. The number of hydrogen-bond acceptors (Lipinski definition) is 6. The van der Waals surface area contributed by atoms with Crippen LogP contribution in [0.25, 0.3) is 10.9 Å². The number of carbonyl (C=O) groups is 1. The fourth-order valence-corrected chi connectivity index (χ4v) is 8.14. The number of nitrogens with one attached hydrogen (secondary N) is 2. The van der Waals surface area contributed by atoms with Gasteiger partial charge in [-0.15, -0.1) is 0 Å². The lowest BCUT2D eigenvalue weighted by atomic mass is 9.51. The first kappa shape index (κ1) is 22.9. The number of carboxylic acids is 1. The number of likely N-dealkylation sites (N-methyl/N-ethyl adjacent to an activating group) is 1. The third kappa shape index (κ3) is 3.12. The zero-order valence-electron chi connectivity index (χ0n) is 21.2. The summed E-state index contributed by atoms with van der Waals surface area (Å²) in [7, 11) is 3.86. The molecule has 1 saturated heterocycles. The van der Waals surface area contributed by atoms with Gasteiger partial charge in [0.15, 0.2) is 11.5 Å². The maximum absolute atomic E-state index is 12.5. The van der Waals surface area contributed by atoms with Crippen molar-refractivity contribution in [3.63, 3.8) is 0 Å². The van der Waals surface area contributed by atoms with E-state index in [-0.39, 0.29) is 23.3 Å². The number of likely N-dealkylation sites (tertiary alicyclic amines) is 1. The Morgan fingerprint density at radius 3 is 3.00 bits per heavy atom. The molecule has 7 rings (SSSR count). The number of para-hydroxylation sites is 1. The Kier molecular flexibility index (Phi) is 5.04. The normalized spacial score (nSPS) is 30.5. The SMILES string of the molecule is COc1cc(O)c2c3c1C[C@@H]1[C@@H]4CC[C@H](N[C@@H](Cc5c[nH]c6ccccc56)C(=O)O)[C@H](O2)[C@]34CCN1C. The topological polar surface area (TPSA) is 107 Å². The Labute approximate surface area is 215 Å². The van der Waals surface area contributed by atoms with Crippen LogP contribution in [-0.2, 0) is 23.1 Å². The highest BCUT2D eigenvalue weighted by atomic mass is 16.5. The molecule has 4 N–H and O–H groups in total. The molecule has 2 aliphatic carbocycles. The van der Waals surface area contributed by atoms with Gasteiger partial charge in [0.05, 0.1) is 7.11 Å². The maximum atomic E-state index is 12.5. The molecular formula is C29H33N3O5. The summed E-state index contributed by atoms with van der Waals surface area (Å²) >= 11 is 0. The van der Waals surface area contributed by atoms with Crippen molar-refractivity contribution in [3.05, 3.63) is 53.2 Å². The van der Waals surface area contributed by atoms with Crippen LogP contribution in [0, 0.1) is 5.92 Å². The van der Waals surface area contributed by atoms with E-state index in [1.54, 1.807) is 13.2 Å². The molecule has 8 heteroatoms. The predicted octanol–water partition coefficient (Wildman–Crippen LogP) is 3.21. The molecule has 3 aromatic rings. The summed E-state index contributed by atoms with van der Waals surface area (Å²) in [5.74, 6) is 0.937. The molecule has 6 atom stereocenters. The number of H-pyrrole nitrogens is 1. The monoisotopic (exact) mass is 503 g/mol. The Morgan fingerprint density at radius 2 is 2.19 bits per heavy atom. The number of nitrogens with zero attached hydrogens (tertiary/aromatic N) is 1. The minimum Gasteiger partial charge on any atom is -0.504 e. The van der Waals surface area contributed by atoms with E-state index >= 15 is 0 Å². The van der Waals surface area contributed by atoms with Crippen molar-refractivity contribution in [2.45, 2.75) is 61.7 Å². The van der Waals surface area contributed by atoms with Crippen molar-refractivity contribution in [1.82, 2.24) is 15.2 Å². The summed E-state index contributed by atoms with van der Waals surface area (Å²) in [5.41, 5.74) is 3.98. The average molecular weight is 504 g/mol. The maximum Gasteiger partial charge on any atom is 0.321 e. The van der Waals surface area contributed by atoms with Crippen molar-refractivity contribution in [3.8, 4) is 17.2 Å². The van der Waals surface area contributed by atoms with Crippen molar-refractivity contribution in [2.75, 3.05) is 20.7 Å². The molecule has 1 spiro atoms. The Hall–Kier alpha value is -3.23. The summed E-state index contributed by atoms with van der Waals surface area (Å²) < 4.78 is 12.4. The second kappa shape index (κ2) is 8.13. The van der Waals surface area contributed by atoms with E-state index < -0.39 is 12.0 Å². The fraction of sp³-hybridized carbons (Fsp3) is 0.483. The van der Waals surface area contributed by atoms with Crippen LogP contribution in [0.1, 0.15) is 36.0 Å². The third-order valence-corrected chi connectivity index (χ3v) is 9.71. The van der Waals surface area contributed by atoms with Gasteiger partial charge in [0.2, 0.25) is 0 Å². The lowest BCUT2D eigenvalue weighted by Gasteiger charge is -2.59. The van der Waals surface area contributed by atoms with Crippen molar-refractivity contribution < 1.29 is 24.5 Å². The molecule has 37 heavy (non-hydrogen) atoms. The number of fused-ring (bicyclic) bond motifs is 1. The van der Waals surface area contributed by atoms with Crippen LogP contribution in [0.2, 0.25) is 0 Å². The van der Waals surface area contributed by atoms with Crippen LogP contribution in [0.5, 0.6) is 17.2 Å². The average Bonchev–Trinajstić information content (AvgIpc) is 3.46. The minimum atomic E-state index is -0.865. The Morgan fingerprint density at radius 1 is 1.35 bits per heavy atom. The third-order valence-electron chi connectivity index (χ3n) is 9.71. The molecule has 3 heterocycles. The molecule has 0 radical (unpaired) electrons. The number of phenolic OH excluding ortho intramolecular Hbond substituents is 1. The largest absolute Gasteiger partial charge is 0.504 e. The van der Waals surface area contributed by atoms with Crippen LogP contribution in [-0.4, -0.2) is 71.0 Å². The molecule has 2 bridgehead atoms. The van der Waals surface area contributed by atoms with E-state index in [0.717, 1.165) is 65.6 Å². The number of hydrogen-bond donors (Lipinski definition) is 4. The molecule has 1 saturated carbocycles. The Balaban J connectivity index is 1.26. The van der Waals surface area contributed by atoms with Gasteiger partial charge in [-0.3, -0.25) is 10.1 Å². The van der Waals surface area contributed by atoms with E-state index in [2.05, 4.69) is 22.2 Å². The fourth-order valence-electron chi connectivity index (χ4n) is 8.14. The Bertz CT molecular complexity index is 1400. The second-order valence-corrected chi connectivity index (χ2v) is 11.3. The van der Waals surface area contributed by atoms with E-state index in [0.29, 0.717) is 24.1 Å². The molecule has 2 aromatic carbocycles. The van der Waals surface area contributed by atoms with Crippen LogP contribution < -0.4 is 14.8 Å². The predicted molar refractivity (Wildman–Crippen MR) is 139 cm³/mol. The summed E-state index contributed by atoms with van der Waals surface area (Å²) in [6.45, 7) is 0.947. The van der Waals surface area contributed by atoms with Gasteiger partial charge in [0, 0.05) is 58.2 Å². The van der Waals surface area contributed by atoms with Crippen molar-refractivity contribution in [2.24, 2.45) is 5.92 Å². The molecule has 0 amide bonds. The zero-order chi connectivity index (χ0) is 25.5. The quantitative estimate of drug-likeness (QED) is 0.409. The smallest absolute Gasteiger partial charge is 0.321 e. The van der Waals surface area contributed by atoms with E-state index in [9.17, 15) is 15.0 Å². The van der Waals surface area contributed by atoms with Gasteiger partial charge >= 0.3 is 5.97 Å². The molecule has 8 nitrogen and oxygen atoms in total. The number of benzene rings is 2. The molecule has 1 aromatic heterocycles. The lowest BCUT2D eigenvalue weighted by molar-refractivity contribution is -0.140. The number of ether oxygens (including phenoxy) is 2. The van der Waals surface area contributed by atoms with Gasteiger partial charge < -0.3 is 29.6 Å². The minimum absolute atomic E-state index is 0.114. The van der Waals surface area contributed by atoms with Gasteiger partial charge in [-0.05, 0) is 56.8 Å². The molecule has 4 aliphatic rings. The molecule has 2 aliphatic heterocycles. The number of aromatic nitrogens is 1. The summed E-state index contributed by atoms with van der Waals surface area (Å²) in [6.07, 6.45) is 5.67. The first-order chi connectivity index (χ1) is 17.9. The number of carboxylic acid groups (broad SMARTS) is 1. The number of rotatable bonds is 6. The van der Waals surface area contributed by atoms with Crippen LogP contribution in [0.4, 0.5) is 0 Å². The highest BCUT2D eigenvalue weighted by Crippen LogP contribution is 2.65. The number of aliphatic carboxylic acids is 1. The van der Waals surface area contributed by atoms with Gasteiger partial charge in [-0.25, -0.2) is 0 Å². The van der Waals surface area contributed by atoms with Crippen molar-refractivity contribution in [1.29, 1.82) is 0 Å². The van der Waals surface area contributed by atoms with Crippen molar-refractivity contribution >= 4 is 16.9 Å². The number of aromatic amines is 1. The molecule has 194 valence electrons. The van der Waals surface area contributed by atoms with E-state index in [1.807, 2.05) is 30.5 Å². The van der Waals surface area contributed by atoms with E-state index in [4.69, 9.17) is 9.47 Å². The van der Waals surface area contributed by atoms with Gasteiger partial charge in [0.25, 0.3) is 0 Å². The zero-order valence-corrected chi connectivity index (χ0v) is 21.2. The summed E-state index contributed by atoms with van der Waals surface area (Å²) in [4.78, 5) is 18.2. The number of aromatic hydroxyl groups is 1. The second-order valence-electron chi connectivity index (χ2n) is 11.3. The van der Waals surface area contributed by atoms with Gasteiger partial charge in [0.1, 0.15) is 17.9 Å². The van der Waals surface area contributed by atoms with Crippen LogP contribution >= 0.6 is 0 Å². The number of piperidine rings is 1. The summed E-state index contributed by atoms with van der Waals surface area (Å²) in [6, 6.07) is 9.14. The van der Waals surface area contributed by atoms with Gasteiger partial charge in [-0.2, -0.15) is 0 Å². The molecule has 2 fully saturated rings. The van der Waals surface area contributed by atoms with Gasteiger partial charge in [-0.1, -0.05) is 18.2 Å². The number of methoxy groups -OCH3 is 1. The van der Waals surface area contributed by atoms with Crippen LogP contribution in [0.3, 0.4) is 0 Å². The standard InChI is InChI=1S/C29H33N3O5/c1-32-10-9-29-18-7-8-20(31-21(28(34)35)11-15-14-30-19-6-4-3-5-16(15)19)27(29)37-26-23(33)13-24(36-2)17(25(26)29)12-22(18)32/h3-6,13-14,18,20-22,27,30-31,33H,7-12H2,1-2H3,(H,34,35)/t18-,20-,21-,22+,27-,29-/m0/s1. The lowest BCUT2D eigenvalue weighted by Crippen LogP contribution is -2.69. The van der Waals surface area contributed by atoms with Crippen LogP contribution in [0.15, 0.2) is 36.5 Å². The number of phenols is 1.